The SMILES string of the molecule is Cc1cc(C)nc(Nc2ccc([C@@H]3CCCN(C(=O)/C=C/c4cccnc4)C3)nc2)n1. The fourth-order valence-electron chi connectivity index (χ4n) is 3.80. The molecule has 1 aliphatic rings. The number of aromatic nitrogens is 4. The van der Waals surface area contributed by atoms with E-state index in [9.17, 15) is 4.79 Å². The zero-order valence-corrected chi connectivity index (χ0v) is 17.8. The number of carbonyl (C=O) groups is 1. The highest BCUT2D eigenvalue weighted by atomic mass is 16.2. The monoisotopic (exact) mass is 414 g/mol. The lowest BCUT2D eigenvalue weighted by molar-refractivity contribution is -0.127. The molecule has 31 heavy (non-hydrogen) atoms. The summed E-state index contributed by atoms with van der Waals surface area (Å²) in [7, 11) is 0. The molecule has 1 aliphatic heterocycles. The lowest BCUT2D eigenvalue weighted by atomic mass is 9.94. The molecule has 1 fully saturated rings. The molecule has 1 amide bonds. The number of amides is 1. The fraction of sp³-hybridized carbons (Fsp3) is 0.292. The summed E-state index contributed by atoms with van der Waals surface area (Å²) < 4.78 is 0. The minimum atomic E-state index is 0.0267. The summed E-state index contributed by atoms with van der Waals surface area (Å²) in [6.07, 6.45) is 10.7. The highest BCUT2D eigenvalue weighted by molar-refractivity contribution is 5.91. The van der Waals surface area contributed by atoms with Gasteiger partial charge in [0.25, 0.3) is 0 Å². The predicted molar refractivity (Wildman–Crippen MR) is 121 cm³/mol. The van der Waals surface area contributed by atoms with Crippen LogP contribution in [0.15, 0.2) is 55.0 Å². The maximum Gasteiger partial charge on any atom is 0.246 e. The molecule has 4 rings (SSSR count). The first kappa shape index (κ1) is 20.7. The third-order valence-electron chi connectivity index (χ3n) is 5.28. The molecule has 1 N–H and O–H groups in total. The van der Waals surface area contributed by atoms with E-state index in [1.807, 2.05) is 55.2 Å². The lowest BCUT2D eigenvalue weighted by Gasteiger charge is -2.31. The van der Waals surface area contributed by atoms with Gasteiger partial charge in [-0.1, -0.05) is 6.07 Å². The van der Waals surface area contributed by atoms with Crippen LogP contribution in [0.25, 0.3) is 6.08 Å². The van der Waals surface area contributed by atoms with Gasteiger partial charge >= 0.3 is 0 Å². The van der Waals surface area contributed by atoms with Gasteiger partial charge in [0.2, 0.25) is 11.9 Å². The molecule has 1 atom stereocenters. The van der Waals surface area contributed by atoms with E-state index in [4.69, 9.17) is 0 Å². The molecule has 0 saturated carbocycles. The van der Waals surface area contributed by atoms with E-state index in [1.165, 1.54) is 0 Å². The Bertz CT molecular complexity index is 1040. The third kappa shape index (κ3) is 5.51. The Morgan fingerprint density at radius 3 is 2.71 bits per heavy atom. The summed E-state index contributed by atoms with van der Waals surface area (Å²) in [6, 6.07) is 9.74. The van der Waals surface area contributed by atoms with Crippen molar-refractivity contribution in [1.82, 2.24) is 24.8 Å². The van der Waals surface area contributed by atoms with Gasteiger partial charge in [0.15, 0.2) is 0 Å². The first-order chi connectivity index (χ1) is 15.1. The van der Waals surface area contributed by atoms with Crippen molar-refractivity contribution in [2.24, 2.45) is 0 Å². The zero-order chi connectivity index (χ0) is 21.6. The van der Waals surface area contributed by atoms with Crippen LogP contribution >= 0.6 is 0 Å². The van der Waals surface area contributed by atoms with Crippen molar-refractivity contribution in [3.05, 3.63) is 77.6 Å². The van der Waals surface area contributed by atoms with E-state index in [-0.39, 0.29) is 11.8 Å². The molecule has 0 aromatic carbocycles. The third-order valence-corrected chi connectivity index (χ3v) is 5.28. The van der Waals surface area contributed by atoms with Gasteiger partial charge in [-0.15, -0.1) is 0 Å². The van der Waals surface area contributed by atoms with Crippen LogP contribution in [0.1, 0.15) is 41.4 Å². The number of likely N-dealkylation sites (tertiary alicyclic amines) is 1. The average Bonchev–Trinajstić information content (AvgIpc) is 2.78. The van der Waals surface area contributed by atoms with Gasteiger partial charge in [-0.25, -0.2) is 9.97 Å². The topological polar surface area (TPSA) is 83.9 Å². The minimum Gasteiger partial charge on any atom is -0.338 e. The molecule has 3 aromatic heterocycles. The van der Waals surface area contributed by atoms with Crippen molar-refractivity contribution in [1.29, 1.82) is 0 Å². The quantitative estimate of drug-likeness (QED) is 0.634. The number of rotatable bonds is 5. The molecule has 0 unspecified atom stereocenters. The Labute approximate surface area is 182 Å². The van der Waals surface area contributed by atoms with Crippen LogP contribution in [0, 0.1) is 13.8 Å². The van der Waals surface area contributed by atoms with E-state index in [1.54, 1.807) is 24.7 Å². The molecule has 0 bridgehead atoms. The second kappa shape index (κ2) is 9.47. The number of pyridine rings is 2. The maximum atomic E-state index is 12.6. The van der Waals surface area contributed by atoms with Crippen LogP contribution in [-0.4, -0.2) is 43.8 Å². The number of carbonyl (C=O) groups excluding carboxylic acids is 1. The Morgan fingerprint density at radius 1 is 1.16 bits per heavy atom. The number of hydrogen-bond acceptors (Lipinski definition) is 6. The number of nitrogens with one attached hydrogen (secondary N) is 1. The molecule has 7 heteroatoms. The average molecular weight is 415 g/mol. The number of anilines is 2. The molecule has 0 spiro atoms. The van der Waals surface area contributed by atoms with Crippen molar-refractivity contribution in [2.75, 3.05) is 18.4 Å². The highest BCUT2D eigenvalue weighted by Crippen LogP contribution is 2.27. The molecule has 7 nitrogen and oxygen atoms in total. The number of aryl methyl sites for hydroxylation is 2. The van der Waals surface area contributed by atoms with Crippen molar-refractivity contribution < 1.29 is 4.79 Å². The van der Waals surface area contributed by atoms with E-state index in [0.717, 1.165) is 47.7 Å². The lowest BCUT2D eigenvalue weighted by Crippen LogP contribution is -2.38. The summed E-state index contributed by atoms with van der Waals surface area (Å²) in [4.78, 5) is 32.1. The first-order valence-electron chi connectivity index (χ1n) is 10.5. The van der Waals surface area contributed by atoms with Gasteiger partial charge in [-0.05, 0) is 62.6 Å². The van der Waals surface area contributed by atoms with E-state index >= 15 is 0 Å². The first-order valence-corrected chi connectivity index (χ1v) is 10.5. The molecule has 158 valence electrons. The number of hydrogen-bond donors (Lipinski definition) is 1. The smallest absolute Gasteiger partial charge is 0.246 e. The fourth-order valence-corrected chi connectivity index (χ4v) is 3.80. The summed E-state index contributed by atoms with van der Waals surface area (Å²) in [5, 5.41) is 3.21. The second-order valence-electron chi connectivity index (χ2n) is 7.81. The summed E-state index contributed by atoms with van der Waals surface area (Å²) in [6.45, 7) is 5.35. The molecule has 1 saturated heterocycles. The van der Waals surface area contributed by atoms with Crippen molar-refractivity contribution in [3.8, 4) is 0 Å². The van der Waals surface area contributed by atoms with Crippen molar-refractivity contribution >= 4 is 23.6 Å². The van der Waals surface area contributed by atoms with E-state index < -0.39 is 0 Å². The van der Waals surface area contributed by atoms with Gasteiger partial charge in [-0.3, -0.25) is 14.8 Å². The molecule has 0 radical (unpaired) electrons. The van der Waals surface area contributed by atoms with Crippen LogP contribution in [-0.2, 0) is 4.79 Å². The molecular formula is C24H26N6O. The molecule has 4 heterocycles. The van der Waals surface area contributed by atoms with Gasteiger partial charge in [0.05, 0.1) is 11.9 Å². The highest BCUT2D eigenvalue weighted by Gasteiger charge is 2.24. The minimum absolute atomic E-state index is 0.0267. The van der Waals surface area contributed by atoms with Gasteiger partial charge in [-0.2, -0.15) is 0 Å². The van der Waals surface area contributed by atoms with Crippen molar-refractivity contribution in [3.63, 3.8) is 0 Å². The van der Waals surface area contributed by atoms with Crippen LogP contribution in [0.3, 0.4) is 0 Å². The van der Waals surface area contributed by atoms with E-state index in [0.29, 0.717) is 12.5 Å². The Balaban J connectivity index is 1.39. The zero-order valence-electron chi connectivity index (χ0n) is 17.8. The second-order valence-corrected chi connectivity index (χ2v) is 7.81. The van der Waals surface area contributed by atoms with E-state index in [2.05, 4.69) is 25.3 Å². The summed E-state index contributed by atoms with van der Waals surface area (Å²) in [5.41, 5.74) is 4.60. The molecular weight excluding hydrogens is 388 g/mol. The van der Waals surface area contributed by atoms with Crippen LogP contribution in [0.2, 0.25) is 0 Å². The number of piperidine rings is 1. The normalized spacial score (nSPS) is 16.5. The van der Waals surface area contributed by atoms with Crippen molar-refractivity contribution in [2.45, 2.75) is 32.6 Å². The van der Waals surface area contributed by atoms with Gasteiger partial charge in [0, 0.05) is 54.6 Å². The number of nitrogens with zero attached hydrogens (tertiary/aromatic N) is 5. The van der Waals surface area contributed by atoms with Gasteiger partial charge in [0.1, 0.15) is 0 Å². The molecule has 0 aliphatic carbocycles. The molecule has 3 aromatic rings. The van der Waals surface area contributed by atoms with Crippen LogP contribution in [0.4, 0.5) is 11.6 Å². The maximum absolute atomic E-state index is 12.6. The van der Waals surface area contributed by atoms with Crippen LogP contribution < -0.4 is 5.32 Å². The van der Waals surface area contributed by atoms with Crippen LogP contribution in [0.5, 0.6) is 0 Å². The Hall–Kier alpha value is -3.61. The standard InChI is InChI=1S/C24H26N6O/c1-17-13-18(2)28-24(27-17)29-21-8-9-22(26-15-21)20-6-4-12-30(16-20)23(31)10-7-19-5-3-11-25-14-19/h3,5,7-11,13-15,20H,4,6,12,16H2,1-2H3,(H,27,28,29)/b10-7+/t20-/m1/s1. The summed E-state index contributed by atoms with van der Waals surface area (Å²) in [5.74, 6) is 0.830. The summed E-state index contributed by atoms with van der Waals surface area (Å²) >= 11 is 0. The largest absolute Gasteiger partial charge is 0.338 e. The Kier molecular flexibility index (Phi) is 6.31. The predicted octanol–water partition coefficient (Wildman–Crippen LogP) is 4.05. The van der Waals surface area contributed by atoms with Gasteiger partial charge < -0.3 is 10.2 Å². The Morgan fingerprint density at radius 2 is 2.00 bits per heavy atom.